The zero-order chi connectivity index (χ0) is 7.28. The lowest BCUT2D eigenvalue weighted by atomic mass is 10.2. The van der Waals surface area contributed by atoms with Crippen LogP contribution >= 0.6 is 24.8 Å². The first-order chi connectivity index (χ1) is 4.20. The van der Waals surface area contributed by atoms with Crippen LogP contribution in [-0.4, -0.2) is 25.7 Å². The van der Waals surface area contributed by atoms with Crippen LogP contribution in [0.15, 0.2) is 0 Å². The van der Waals surface area contributed by atoms with Gasteiger partial charge in [-0.1, -0.05) is 0 Å². The largest absolute Gasteiger partial charge is 0.469 e. The summed E-state index contributed by atoms with van der Waals surface area (Å²) >= 11 is 0. The Balaban J connectivity index is -0.000000320. The maximum atomic E-state index is 10.4. The summed E-state index contributed by atoms with van der Waals surface area (Å²) in [5.41, 5.74) is 10.5. The Kier molecular flexibility index (Phi) is 15.6. The highest BCUT2D eigenvalue weighted by atomic mass is 35.5. The quantitative estimate of drug-likeness (QED) is 0.619. The van der Waals surface area contributed by atoms with Gasteiger partial charge in [0.2, 0.25) is 0 Å². The molecule has 70 valence electrons. The monoisotopic (exact) mass is 204 g/mol. The molecule has 0 aromatic heterocycles. The number of carbonyl (C=O) groups is 1. The third kappa shape index (κ3) is 9.97. The van der Waals surface area contributed by atoms with Gasteiger partial charge in [0, 0.05) is 12.6 Å². The zero-order valence-corrected chi connectivity index (χ0v) is 7.91. The molecule has 0 bridgehead atoms. The van der Waals surface area contributed by atoms with Crippen LogP contribution < -0.4 is 11.5 Å². The van der Waals surface area contributed by atoms with Crippen molar-refractivity contribution in [2.45, 2.75) is 12.5 Å². The lowest BCUT2D eigenvalue weighted by molar-refractivity contribution is -0.140. The standard InChI is InChI=1S/C5H12N2O2.2ClH/c1-9-5(8)2-4(7)3-6;;/h4H,2-3,6-7H2,1H3;2*1H. The van der Waals surface area contributed by atoms with Gasteiger partial charge in [0.1, 0.15) is 0 Å². The third-order valence-electron chi connectivity index (χ3n) is 0.959. The molecule has 6 heteroatoms. The van der Waals surface area contributed by atoms with Gasteiger partial charge in [-0.3, -0.25) is 4.79 Å². The highest BCUT2D eigenvalue weighted by molar-refractivity contribution is 5.85. The molecular weight excluding hydrogens is 191 g/mol. The Morgan fingerprint density at radius 2 is 2.00 bits per heavy atom. The van der Waals surface area contributed by atoms with Crippen LogP contribution in [0.25, 0.3) is 0 Å². The van der Waals surface area contributed by atoms with E-state index < -0.39 is 0 Å². The van der Waals surface area contributed by atoms with Crippen molar-refractivity contribution in [2.75, 3.05) is 13.7 Å². The van der Waals surface area contributed by atoms with Crippen LogP contribution in [0.4, 0.5) is 0 Å². The van der Waals surface area contributed by atoms with E-state index in [1.165, 1.54) is 7.11 Å². The molecule has 4 N–H and O–H groups in total. The maximum absolute atomic E-state index is 10.4. The lowest BCUT2D eigenvalue weighted by Crippen LogP contribution is -2.32. The first-order valence-electron chi connectivity index (χ1n) is 2.73. The molecule has 1 atom stereocenters. The number of esters is 1. The number of ether oxygens (including phenoxy) is 1. The third-order valence-corrected chi connectivity index (χ3v) is 0.959. The van der Waals surface area contributed by atoms with Gasteiger partial charge < -0.3 is 16.2 Å². The van der Waals surface area contributed by atoms with Crippen molar-refractivity contribution in [3.05, 3.63) is 0 Å². The minimum atomic E-state index is -0.312. The van der Waals surface area contributed by atoms with Crippen molar-refractivity contribution in [3.63, 3.8) is 0 Å². The molecule has 0 rings (SSSR count). The summed E-state index contributed by atoms with van der Waals surface area (Å²) in [6.07, 6.45) is 0.201. The Hall–Kier alpha value is -0.0300. The van der Waals surface area contributed by atoms with Gasteiger partial charge in [0.15, 0.2) is 0 Å². The van der Waals surface area contributed by atoms with E-state index in [9.17, 15) is 4.79 Å². The minimum absolute atomic E-state index is 0. The molecule has 0 aliphatic heterocycles. The summed E-state index contributed by atoms with van der Waals surface area (Å²) in [6.45, 7) is 0.315. The Bertz CT molecular complexity index is 102. The molecule has 11 heavy (non-hydrogen) atoms. The summed E-state index contributed by atoms with van der Waals surface area (Å²) in [7, 11) is 1.32. The molecule has 4 nitrogen and oxygen atoms in total. The van der Waals surface area contributed by atoms with Gasteiger partial charge in [-0.15, -0.1) is 24.8 Å². The Morgan fingerprint density at radius 3 is 2.27 bits per heavy atom. The van der Waals surface area contributed by atoms with Crippen molar-refractivity contribution in [2.24, 2.45) is 11.5 Å². The van der Waals surface area contributed by atoms with Crippen LogP contribution in [0, 0.1) is 0 Å². The van der Waals surface area contributed by atoms with E-state index in [0.717, 1.165) is 0 Å². The molecule has 0 aliphatic carbocycles. The minimum Gasteiger partial charge on any atom is -0.469 e. The summed E-state index contributed by atoms with van der Waals surface area (Å²) in [4.78, 5) is 10.4. The van der Waals surface area contributed by atoms with Crippen LogP contribution in [0.2, 0.25) is 0 Å². The fraction of sp³-hybridized carbons (Fsp3) is 0.800. The molecule has 0 aliphatic rings. The van der Waals surface area contributed by atoms with E-state index in [1.807, 2.05) is 0 Å². The van der Waals surface area contributed by atoms with E-state index in [4.69, 9.17) is 11.5 Å². The average Bonchev–Trinajstić information content (AvgIpc) is 1.87. The van der Waals surface area contributed by atoms with Gasteiger partial charge in [-0.25, -0.2) is 0 Å². The fourth-order valence-electron chi connectivity index (χ4n) is 0.381. The highest BCUT2D eigenvalue weighted by Gasteiger charge is 2.05. The summed E-state index contributed by atoms with van der Waals surface area (Å²) < 4.78 is 4.35. The van der Waals surface area contributed by atoms with Crippen LogP contribution in [0.5, 0.6) is 0 Å². The summed E-state index contributed by atoms with van der Waals surface area (Å²) in [5, 5.41) is 0. The van der Waals surface area contributed by atoms with Gasteiger partial charge in [0.25, 0.3) is 0 Å². The SMILES string of the molecule is COC(=O)CC(N)CN.Cl.Cl. The van der Waals surface area contributed by atoms with Crippen LogP contribution in [-0.2, 0) is 9.53 Å². The topological polar surface area (TPSA) is 78.3 Å². The number of carbonyl (C=O) groups excluding carboxylic acids is 1. The number of rotatable bonds is 3. The highest BCUT2D eigenvalue weighted by Crippen LogP contribution is 1.86. The summed E-state index contributed by atoms with van der Waals surface area (Å²) in [6, 6.07) is -0.266. The van der Waals surface area contributed by atoms with Gasteiger partial charge in [-0.2, -0.15) is 0 Å². The van der Waals surface area contributed by atoms with Gasteiger partial charge in [-0.05, 0) is 0 Å². The maximum Gasteiger partial charge on any atom is 0.307 e. The molecule has 0 aromatic rings. The number of nitrogens with two attached hydrogens (primary N) is 2. The van der Waals surface area contributed by atoms with E-state index >= 15 is 0 Å². The van der Waals surface area contributed by atoms with E-state index in [2.05, 4.69) is 4.74 Å². The Morgan fingerprint density at radius 1 is 1.55 bits per heavy atom. The fourth-order valence-corrected chi connectivity index (χ4v) is 0.381. The molecule has 0 aromatic carbocycles. The molecular formula is C5H14Cl2N2O2. The molecule has 1 unspecified atom stereocenters. The van der Waals surface area contributed by atoms with Gasteiger partial charge >= 0.3 is 5.97 Å². The first-order valence-corrected chi connectivity index (χ1v) is 2.73. The average molecular weight is 205 g/mol. The van der Waals surface area contributed by atoms with Crippen molar-refractivity contribution in [1.82, 2.24) is 0 Å². The second kappa shape index (κ2) is 9.97. The van der Waals surface area contributed by atoms with E-state index in [-0.39, 0.29) is 43.2 Å². The van der Waals surface area contributed by atoms with Crippen molar-refractivity contribution in [1.29, 1.82) is 0 Å². The predicted octanol–water partition coefficient (Wildman–Crippen LogP) is -0.321. The first kappa shape index (κ1) is 17.2. The molecule has 0 heterocycles. The molecule has 0 fully saturated rings. The molecule has 0 saturated carbocycles. The molecule has 0 amide bonds. The van der Waals surface area contributed by atoms with Crippen molar-refractivity contribution < 1.29 is 9.53 Å². The summed E-state index contributed by atoms with van der Waals surface area (Å²) in [5.74, 6) is -0.312. The smallest absolute Gasteiger partial charge is 0.307 e. The molecule has 0 radical (unpaired) electrons. The number of methoxy groups -OCH3 is 1. The number of hydrogen-bond acceptors (Lipinski definition) is 4. The second-order valence-corrected chi connectivity index (χ2v) is 1.78. The molecule has 0 spiro atoms. The molecule has 0 saturated heterocycles. The number of halogens is 2. The van der Waals surface area contributed by atoms with Crippen LogP contribution in [0.1, 0.15) is 6.42 Å². The van der Waals surface area contributed by atoms with E-state index in [0.29, 0.717) is 6.54 Å². The Labute approximate surface area is 78.5 Å². The van der Waals surface area contributed by atoms with Crippen LogP contribution in [0.3, 0.4) is 0 Å². The second-order valence-electron chi connectivity index (χ2n) is 1.78. The predicted molar refractivity (Wildman–Crippen MR) is 48.2 cm³/mol. The lowest BCUT2D eigenvalue weighted by Gasteiger charge is -2.04. The van der Waals surface area contributed by atoms with Crippen molar-refractivity contribution >= 4 is 30.8 Å². The van der Waals surface area contributed by atoms with Crippen molar-refractivity contribution in [3.8, 4) is 0 Å². The van der Waals surface area contributed by atoms with E-state index in [1.54, 1.807) is 0 Å². The van der Waals surface area contributed by atoms with Gasteiger partial charge in [0.05, 0.1) is 13.5 Å². The normalized spacial score (nSPS) is 10.5. The zero-order valence-electron chi connectivity index (χ0n) is 6.28. The number of hydrogen-bond donors (Lipinski definition) is 2.